The van der Waals surface area contributed by atoms with E-state index in [2.05, 4.69) is 10.6 Å². The van der Waals surface area contributed by atoms with Crippen LogP contribution in [0.3, 0.4) is 0 Å². The molecule has 0 fully saturated rings. The summed E-state index contributed by atoms with van der Waals surface area (Å²) in [6.45, 7) is 4.67. The first-order chi connectivity index (χ1) is 10.1. The maximum Gasteiger partial charge on any atom is 0.239 e. The Morgan fingerprint density at radius 1 is 1.10 bits per heavy atom. The summed E-state index contributed by atoms with van der Waals surface area (Å²) in [7, 11) is 0. The van der Waals surface area contributed by atoms with Crippen LogP contribution in [0, 0.1) is 19.7 Å². The Balaban J connectivity index is 1.82. The van der Waals surface area contributed by atoms with Gasteiger partial charge in [-0.25, -0.2) is 4.39 Å². The van der Waals surface area contributed by atoms with Crippen molar-refractivity contribution in [3.05, 3.63) is 65.0 Å². The molecule has 3 nitrogen and oxygen atoms in total. The molecule has 0 aromatic heterocycles. The van der Waals surface area contributed by atoms with Gasteiger partial charge >= 0.3 is 0 Å². The van der Waals surface area contributed by atoms with Crippen LogP contribution in [0.25, 0.3) is 0 Å². The third kappa shape index (κ3) is 4.31. The topological polar surface area (TPSA) is 41.1 Å². The lowest BCUT2D eigenvalue weighted by Gasteiger charge is -2.11. The van der Waals surface area contributed by atoms with Gasteiger partial charge in [-0.1, -0.05) is 24.3 Å². The highest BCUT2D eigenvalue weighted by atomic mass is 19.1. The number of nitrogens with one attached hydrogen (secondary N) is 2. The van der Waals surface area contributed by atoms with Gasteiger partial charge in [-0.05, 0) is 48.7 Å². The van der Waals surface area contributed by atoms with E-state index in [1.807, 2.05) is 32.0 Å². The Bertz CT molecular complexity index is 623. The normalized spacial score (nSPS) is 10.2. The average molecular weight is 286 g/mol. The molecule has 0 spiro atoms. The van der Waals surface area contributed by atoms with Gasteiger partial charge in [-0.15, -0.1) is 0 Å². The smallest absolute Gasteiger partial charge is 0.239 e. The lowest BCUT2D eigenvalue weighted by molar-refractivity contribution is -0.119. The lowest BCUT2D eigenvalue weighted by atomic mass is 10.1. The zero-order valence-electron chi connectivity index (χ0n) is 12.2. The number of rotatable bonds is 5. The third-order valence-electron chi connectivity index (χ3n) is 3.45. The van der Waals surface area contributed by atoms with Crippen LogP contribution < -0.4 is 10.6 Å². The molecule has 0 saturated carbocycles. The van der Waals surface area contributed by atoms with Crippen LogP contribution in [0.1, 0.15) is 16.7 Å². The van der Waals surface area contributed by atoms with Crippen molar-refractivity contribution >= 4 is 11.6 Å². The molecule has 2 aromatic rings. The van der Waals surface area contributed by atoms with Crippen molar-refractivity contribution in [2.24, 2.45) is 0 Å². The average Bonchev–Trinajstić information content (AvgIpc) is 2.48. The van der Waals surface area contributed by atoms with Crippen molar-refractivity contribution in [2.45, 2.75) is 20.4 Å². The zero-order chi connectivity index (χ0) is 15.2. The molecule has 1 amide bonds. The third-order valence-corrected chi connectivity index (χ3v) is 3.45. The van der Waals surface area contributed by atoms with E-state index >= 15 is 0 Å². The standard InChI is InChI=1S/C17H19FN2O/c1-12-4-3-5-16(13(12)2)19-11-17(21)20-10-14-6-8-15(18)9-7-14/h3-9,19H,10-11H2,1-2H3,(H,20,21). The first-order valence-corrected chi connectivity index (χ1v) is 6.87. The van der Waals surface area contributed by atoms with Gasteiger partial charge in [-0.3, -0.25) is 4.79 Å². The fourth-order valence-corrected chi connectivity index (χ4v) is 1.98. The Hall–Kier alpha value is -2.36. The van der Waals surface area contributed by atoms with Crippen molar-refractivity contribution in [1.29, 1.82) is 0 Å². The largest absolute Gasteiger partial charge is 0.376 e. The molecule has 2 rings (SSSR count). The van der Waals surface area contributed by atoms with E-state index in [-0.39, 0.29) is 18.3 Å². The predicted octanol–water partition coefficient (Wildman–Crippen LogP) is 3.17. The first kappa shape index (κ1) is 15.0. The minimum absolute atomic E-state index is 0.0970. The van der Waals surface area contributed by atoms with Crippen LogP contribution >= 0.6 is 0 Å². The Morgan fingerprint density at radius 3 is 2.52 bits per heavy atom. The quantitative estimate of drug-likeness (QED) is 0.886. The molecule has 110 valence electrons. The molecule has 21 heavy (non-hydrogen) atoms. The SMILES string of the molecule is Cc1cccc(NCC(=O)NCc2ccc(F)cc2)c1C. The second-order valence-corrected chi connectivity index (χ2v) is 5.00. The van der Waals surface area contributed by atoms with Crippen LogP contribution in [0.5, 0.6) is 0 Å². The van der Waals surface area contributed by atoms with Crippen molar-refractivity contribution < 1.29 is 9.18 Å². The van der Waals surface area contributed by atoms with Gasteiger partial charge in [0.15, 0.2) is 0 Å². The number of benzene rings is 2. The van der Waals surface area contributed by atoms with Crippen molar-refractivity contribution in [3.8, 4) is 0 Å². The van der Waals surface area contributed by atoms with Gasteiger partial charge in [0.05, 0.1) is 6.54 Å². The summed E-state index contributed by atoms with van der Waals surface area (Å²) in [4.78, 5) is 11.8. The summed E-state index contributed by atoms with van der Waals surface area (Å²) >= 11 is 0. The molecule has 0 aliphatic rings. The molecule has 4 heteroatoms. The highest BCUT2D eigenvalue weighted by Crippen LogP contribution is 2.17. The summed E-state index contributed by atoms with van der Waals surface area (Å²) in [6.07, 6.45) is 0. The van der Waals surface area contributed by atoms with E-state index < -0.39 is 0 Å². The molecular weight excluding hydrogens is 267 g/mol. The Labute approximate surface area is 124 Å². The van der Waals surface area contributed by atoms with Gasteiger partial charge in [0.1, 0.15) is 5.82 Å². The molecule has 0 unspecified atom stereocenters. The fraction of sp³-hybridized carbons (Fsp3) is 0.235. The minimum atomic E-state index is -0.276. The zero-order valence-corrected chi connectivity index (χ0v) is 12.2. The molecule has 0 heterocycles. The van der Waals surface area contributed by atoms with Crippen LogP contribution in [-0.4, -0.2) is 12.5 Å². The molecule has 2 N–H and O–H groups in total. The molecule has 0 aliphatic carbocycles. The fourth-order valence-electron chi connectivity index (χ4n) is 1.98. The molecular formula is C17H19FN2O. The maximum atomic E-state index is 12.8. The second-order valence-electron chi connectivity index (χ2n) is 5.00. The second kappa shape index (κ2) is 6.88. The molecule has 0 atom stereocenters. The van der Waals surface area contributed by atoms with Gasteiger partial charge in [0, 0.05) is 12.2 Å². The van der Waals surface area contributed by atoms with Gasteiger partial charge in [-0.2, -0.15) is 0 Å². The van der Waals surface area contributed by atoms with Crippen LogP contribution in [-0.2, 0) is 11.3 Å². The van der Waals surface area contributed by atoms with E-state index in [0.717, 1.165) is 16.8 Å². The van der Waals surface area contributed by atoms with Crippen molar-refractivity contribution in [2.75, 3.05) is 11.9 Å². The number of carbonyl (C=O) groups excluding carboxylic acids is 1. The van der Waals surface area contributed by atoms with Crippen LogP contribution in [0.4, 0.5) is 10.1 Å². The number of amides is 1. The molecule has 2 aromatic carbocycles. The van der Waals surface area contributed by atoms with Crippen molar-refractivity contribution in [3.63, 3.8) is 0 Å². The molecule has 0 saturated heterocycles. The van der Waals surface area contributed by atoms with E-state index in [1.165, 1.54) is 17.7 Å². The number of aryl methyl sites for hydroxylation is 1. The van der Waals surface area contributed by atoms with Crippen LogP contribution in [0.2, 0.25) is 0 Å². The highest BCUT2D eigenvalue weighted by molar-refractivity contribution is 5.81. The number of hydrogen-bond acceptors (Lipinski definition) is 2. The van der Waals surface area contributed by atoms with Crippen molar-refractivity contribution in [1.82, 2.24) is 5.32 Å². The minimum Gasteiger partial charge on any atom is -0.376 e. The predicted molar refractivity (Wildman–Crippen MR) is 82.7 cm³/mol. The lowest BCUT2D eigenvalue weighted by Crippen LogP contribution is -2.29. The summed E-state index contributed by atoms with van der Waals surface area (Å²) < 4.78 is 12.8. The summed E-state index contributed by atoms with van der Waals surface area (Å²) in [6, 6.07) is 12.0. The monoisotopic (exact) mass is 286 g/mol. The molecule has 0 bridgehead atoms. The number of anilines is 1. The summed E-state index contributed by atoms with van der Waals surface area (Å²) in [5.41, 5.74) is 4.17. The maximum absolute atomic E-state index is 12.8. The molecule has 0 aliphatic heterocycles. The van der Waals surface area contributed by atoms with Gasteiger partial charge in [0.25, 0.3) is 0 Å². The Morgan fingerprint density at radius 2 is 1.81 bits per heavy atom. The van der Waals surface area contributed by atoms with E-state index in [1.54, 1.807) is 12.1 Å². The summed E-state index contributed by atoms with van der Waals surface area (Å²) in [5, 5.41) is 5.93. The van der Waals surface area contributed by atoms with Gasteiger partial charge < -0.3 is 10.6 Å². The van der Waals surface area contributed by atoms with E-state index in [9.17, 15) is 9.18 Å². The number of halogens is 1. The highest BCUT2D eigenvalue weighted by Gasteiger charge is 2.04. The van der Waals surface area contributed by atoms with Crippen LogP contribution in [0.15, 0.2) is 42.5 Å². The Kier molecular flexibility index (Phi) is 4.93. The first-order valence-electron chi connectivity index (χ1n) is 6.87. The number of carbonyl (C=O) groups is 1. The summed E-state index contributed by atoms with van der Waals surface area (Å²) in [5.74, 6) is -0.373. The van der Waals surface area contributed by atoms with E-state index in [4.69, 9.17) is 0 Å². The number of hydrogen-bond donors (Lipinski definition) is 2. The van der Waals surface area contributed by atoms with Gasteiger partial charge in [0.2, 0.25) is 5.91 Å². The molecule has 0 radical (unpaired) electrons. The van der Waals surface area contributed by atoms with E-state index in [0.29, 0.717) is 6.54 Å².